The predicted molar refractivity (Wildman–Crippen MR) is 117 cm³/mol. The number of ether oxygens (including phenoxy) is 2. The van der Waals surface area contributed by atoms with E-state index in [-0.39, 0.29) is 5.91 Å². The fraction of sp³-hybridized carbons (Fsp3) is 0.565. The van der Waals surface area contributed by atoms with Crippen molar-refractivity contribution in [3.8, 4) is 5.75 Å². The number of nitrogens with one attached hydrogen (secondary N) is 1. The maximum Gasteiger partial charge on any atom is 0.224 e. The van der Waals surface area contributed by atoms with Crippen LogP contribution in [0, 0.1) is 6.92 Å². The van der Waals surface area contributed by atoms with Crippen molar-refractivity contribution in [1.82, 2.24) is 9.88 Å². The number of benzene rings is 1. The monoisotopic (exact) mass is 399 g/mol. The van der Waals surface area contributed by atoms with E-state index in [1.54, 1.807) is 13.3 Å². The van der Waals surface area contributed by atoms with Crippen molar-refractivity contribution in [1.29, 1.82) is 0 Å². The lowest BCUT2D eigenvalue weighted by atomic mass is 10.1. The van der Waals surface area contributed by atoms with Crippen molar-refractivity contribution in [2.45, 2.75) is 58.7 Å². The largest absolute Gasteiger partial charge is 0.497 e. The Morgan fingerprint density at radius 1 is 1.24 bits per heavy atom. The van der Waals surface area contributed by atoms with Crippen molar-refractivity contribution >= 4 is 22.5 Å². The third-order valence-corrected chi connectivity index (χ3v) is 5.42. The van der Waals surface area contributed by atoms with E-state index in [1.807, 2.05) is 25.1 Å². The molecule has 6 nitrogen and oxygen atoms in total. The number of rotatable bonds is 8. The number of amides is 1. The number of carbonyl (C=O) groups is 1. The number of carbonyl (C=O) groups excluding carboxylic acids is 1. The van der Waals surface area contributed by atoms with Crippen LogP contribution in [-0.4, -0.2) is 54.7 Å². The molecule has 1 fully saturated rings. The Morgan fingerprint density at radius 3 is 2.72 bits per heavy atom. The number of aryl methyl sites for hydroxylation is 1. The molecule has 0 spiro atoms. The van der Waals surface area contributed by atoms with Crippen molar-refractivity contribution in [3.63, 3.8) is 0 Å². The van der Waals surface area contributed by atoms with Gasteiger partial charge in [-0.1, -0.05) is 6.42 Å². The first kappa shape index (κ1) is 21.5. The minimum absolute atomic E-state index is 0.0245. The van der Waals surface area contributed by atoms with Crippen molar-refractivity contribution in [2.24, 2.45) is 0 Å². The molecule has 0 bridgehead atoms. The van der Waals surface area contributed by atoms with Gasteiger partial charge in [0, 0.05) is 37.2 Å². The molecular weight excluding hydrogens is 366 g/mol. The third kappa shape index (κ3) is 5.90. The highest BCUT2D eigenvalue weighted by atomic mass is 16.5. The number of hydrogen-bond acceptors (Lipinski definition) is 5. The zero-order valence-corrected chi connectivity index (χ0v) is 18.0. The summed E-state index contributed by atoms with van der Waals surface area (Å²) in [4.78, 5) is 19.4. The molecule has 158 valence electrons. The summed E-state index contributed by atoms with van der Waals surface area (Å²) in [6, 6.07) is 5.76. The zero-order chi connectivity index (χ0) is 20.8. The minimum atomic E-state index is 0.0245. The molecular formula is C23H33N3O3. The summed E-state index contributed by atoms with van der Waals surface area (Å²) >= 11 is 0. The van der Waals surface area contributed by atoms with Crippen LogP contribution in [0.25, 0.3) is 10.9 Å². The van der Waals surface area contributed by atoms with E-state index in [4.69, 9.17) is 9.47 Å². The molecule has 1 aliphatic rings. The van der Waals surface area contributed by atoms with Crippen LogP contribution in [0.1, 0.15) is 45.1 Å². The summed E-state index contributed by atoms with van der Waals surface area (Å²) in [5.74, 6) is 0.745. The normalized spacial score (nSPS) is 20.0. The van der Waals surface area contributed by atoms with E-state index in [1.165, 1.54) is 0 Å². The first-order chi connectivity index (χ1) is 14.0. The Morgan fingerprint density at radius 2 is 2.00 bits per heavy atom. The molecule has 2 heterocycles. The molecule has 3 rings (SSSR count). The van der Waals surface area contributed by atoms with Gasteiger partial charge in [0.15, 0.2) is 0 Å². The summed E-state index contributed by atoms with van der Waals surface area (Å²) in [5.41, 5.74) is 2.62. The number of morpholine rings is 1. The Labute approximate surface area is 173 Å². The van der Waals surface area contributed by atoms with E-state index in [9.17, 15) is 4.79 Å². The molecule has 1 N–H and O–H groups in total. The SMILES string of the molecule is COc1cc(NC(=O)CCCCCN2CC(C)OC(C)C2)c2nccc(C)c2c1. The third-order valence-electron chi connectivity index (χ3n) is 5.42. The standard InChI is InChI=1S/C23H33N3O3/c1-16-9-10-24-23-20(16)12-19(28-4)13-21(23)25-22(27)8-6-5-7-11-26-14-17(2)29-18(3)15-26/h9-10,12-13,17-18H,5-8,11,14-15H2,1-4H3,(H,25,27). The average molecular weight is 400 g/mol. The minimum Gasteiger partial charge on any atom is -0.497 e. The van der Waals surface area contributed by atoms with Gasteiger partial charge in [-0.05, 0) is 57.9 Å². The van der Waals surface area contributed by atoms with Gasteiger partial charge < -0.3 is 14.8 Å². The molecule has 1 amide bonds. The van der Waals surface area contributed by atoms with Crippen LogP contribution in [-0.2, 0) is 9.53 Å². The molecule has 2 unspecified atom stereocenters. The number of unbranched alkanes of at least 4 members (excludes halogenated alkanes) is 2. The highest BCUT2D eigenvalue weighted by Crippen LogP contribution is 2.30. The average Bonchev–Trinajstić information content (AvgIpc) is 2.67. The number of methoxy groups -OCH3 is 1. The molecule has 1 aromatic carbocycles. The van der Waals surface area contributed by atoms with Gasteiger partial charge in [-0.3, -0.25) is 14.7 Å². The summed E-state index contributed by atoms with van der Waals surface area (Å²) in [5, 5.41) is 4.03. The topological polar surface area (TPSA) is 63.7 Å². The van der Waals surface area contributed by atoms with E-state index >= 15 is 0 Å². The predicted octanol–water partition coefficient (Wildman–Crippen LogP) is 4.16. The first-order valence-corrected chi connectivity index (χ1v) is 10.6. The number of anilines is 1. The van der Waals surface area contributed by atoms with Crippen LogP contribution in [0.4, 0.5) is 5.69 Å². The number of nitrogens with zero attached hydrogens (tertiary/aromatic N) is 2. The molecule has 0 saturated carbocycles. The quantitative estimate of drug-likeness (QED) is 0.675. The highest BCUT2D eigenvalue weighted by molar-refractivity contribution is 6.01. The molecule has 29 heavy (non-hydrogen) atoms. The number of fused-ring (bicyclic) bond motifs is 1. The smallest absolute Gasteiger partial charge is 0.224 e. The van der Waals surface area contributed by atoms with Crippen LogP contribution in [0.5, 0.6) is 5.75 Å². The molecule has 1 aliphatic heterocycles. The van der Waals surface area contributed by atoms with E-state index in [0.717, 1.165) is 61.1 Å². The summed E-state index contributed by atoms with van der Waals surface area (Å²) in [7, 11) is 1.63. The fourth-order valence-electron chi connectivity index (χ4n) is 4.05. The molecule has 2 aromatic rings. The van der Waals surface area contributed by atoms with E-state index in [2.05, 4.69) is 29.0 Å². The number of aromatic nitrogens is 1. The Kier molecular flexibility index (Phi) is 7.45. The van der Waals surface area contributed by atoms with Gasteiger partial charge in [-0.2, -0.15) is 0 Å². The van der Waals surface area contributed by atoms with Gasteiger partial charge >= 0.3 is 0 Å². The van der Waals surface area contributed by atoms with Crippen LogP contribution in [0.3, 0.4) is 0 Å². The second kappa shape index (κ2) is 10.0. The zero-order valence-electron chi connectivity index (χ0n) is 18.0. The molecule has 6 heteroatoms. The highest BCUT2D eigenvalue weighted by Gasteiger charge is 2.21. The number of pyridine rings is 1. The number of hydrogen-bond donors (Lipinski definition) is 1. The molecule has 0 aliphatic carbocycles. The Bertz CT molecular complexity index is 829. The lowest BCUT2D eigenvalue weighted by Crippen LogP contribution is -2.45. The van der Waals surface area contributed by atoms with Crippen LogP contribution < -0.4 is 10.1 Å². The lowest BCUT2D eigenvalue weighted by molar-refractivity contribution is -0.116. The van der Waals surface area contributed by atoms with Crippen LogP contribution >= 0.6 is 0 Å². The summed E-state index contributed by atoms with van der Waals surface area (Å²) in [6.07, 6.45) is 5.93. The van der Waals surface area contributed by atoms with Crippen LogP contribution in [0.15, 0.2) is 24.4 Å². The lowest BCUT2D eigenvalue weighted by Gasteiger charge is -2.35. The molecule has 0 radical (unpaired) electrons. The molecule has 1 saturated heterocycles. The molecule has 2 atom stereocenters. The van der Waals surface area contributed by atoms with Crippen LogP contribution in [0.2, 0.25) is 0 Å². The van der Waals surface area contributed by atoms with Gasteiger partial charge in [0.25, 0.3) is 0 Å². The van der Waals surface area contributed by atoms with Gasteiger partial charge in [-0.15, -0.1) is 0 Å². The molecule has 1 aromatic heterocycles. The van der Waals surface area contributed by atoms with Gasteiger partial charge in [0.05, 0.1) is 30.5 Å². The van der Waals surface area contributed by atoms with E-state index < -0.39 is 0 Å². The Hall–Kier alpha value is -2.18. The van der Waals surface area contributed by atoms with Gasteiger partial charge in [0.1, 0.15) is 5.75 Å². The fourth-order valence-corrected chi connectivity index (χ4v) is 4.05. The van der Waals surface area contributed by atoms with Crippen molar-refractivity contribution in [3.05, 3.63) is 30.0 Å². The first-order valence-electron chi connectivity index (χ1n) is 10.6. The van der Waals surface area contributed by atoms with Gasteiger partial charge in [-0.25, -0.2) is 0 Å². The van der Waals surface area contributed by atoms with E-state index in [0.29, 0.717) is 24.3 Å². The second-order valence-electron chi connectivity index (χ2n) is 8.07. The maximum absolute atomic E-state index is 12.5. The van der Waals surface area contributed by atoms with Crippen molar-refractivity contribution < 1.29 is 14.3 Å². The van der Waals surface area contributed by atoms with Crippen molar-refractivity contribution in [2.75, 3.05) is 32.1 Å². The summed E-state index contributed by atoms with van der Waals surface area (Å²) < 4.78 is 11.2. The van der Waals surface area contributed by atoms with Gasteiger partial charge in [0.2, 0.25) is 5.91 Å². The summed E-state index contributed by atoms with van der Waals surface area (Å²) in [6.45, 7) is 9.37. The Balaban J connectivity index is 1.48. The second-order valence-corrected chi connectivity index (χ2v) is 8.07. The maximum atomic E-state index is 12.5.